The highest BCUT2D eigenvalue weighted by molar-refractivity contribution is 5.94. The number of nitrogens with one attached hydrogen (secondary N) is 1. The second kappa shape index (κ2) is 6.45. The summed E-state index contributed by atoms with van der Waals surface area (Å²) in [5.41, 5.74) is 3.73. The third-order valence-corrected chi connectivity index (χ3v) is 4.45. The Hall–Kier alpha value is -2.06. The molecule has 0 aliphatic carbocycles. The third-order valence-electron chi connectivity index (χ3n) is 4.45. The third kappa shape index (κ3) is 3.54. The number of H-pyrrole nitrogens is 1. The van der Waals surface area contributed by atoms with Crippen LogP contribution in [0.4, 0.5) is 13.2 Å². The van der Waals surface area contributed by atoms with Crippen LogP contribution in [0.25, 0.3) is 0 Å². The van der Waals surface area contributed by atoms with Crippen molar-refractivity contribution in [3.63, 3.8) is 0 Å². The van der Waals surface area contributed by atoms with Crippen LogP contribution in [0.15, 0.2) is 6.20 Å². The maximum absolute atomic E-state index is 13.1. The molecule has 1 aromatic heterocycles. The van der Waals surface area contributed by atoms with Gasteiger partial charge in [-0.05, 0) is 19.3 Å². The van der Waals surface area contributed by atoms with E-state index in [4.69, 9.17) is 5.73 Å². The molecule has 1 atom stereocenters. The molecule has 1 aliphatic rings. The van der Waals surface area contributed by atoms with Crippen molar-refractivity contribution in [2.75, 3.05) is 6.54 Å². The Labute approximate surface area is 137 Å². The highest BCUT2D eigenvalue weighted by atomic mass is 19.4. The SMILES string of the molecule is CC(C)(CC(=O)N1CCCCC1c1[nH]ncc1C(N)=O)C(F)(F)F. The standard InChI is InChI=1S/C15H21F3N4O2/c1-14(2,15(16,17)18)7-11(23)22-6-4-3-5-10(22)12-9(13(19)24)8-20-21-12/h8,10H,3-7H2,1-2H3,(H2,19,24)(H,20,21). The first-order valence-corrected chi connectivity index (χ1v) is 7.74. The van der Waals surface area contributed by atoms with Crippen LogP contribution in [0.3, 0.4) is 0 Å². The number of rotatable bonds is 4. The number of primary amides is 1. The van der Waals surface area contributed by atoms with Gasteiger partial charge in [-0.25, -0.2) is 0 Å². The quantitative estimate of drug-likeness (QED) is 0.877. The van der Waals surface area contributed by atoms with Crippen LogP contribution in [0.2, 0.25) is 0 Å². The first kappa shape index (κ1) is 18.3. The number of nitrogens with two attached hydrogens (primary N) is 1. The van der Waals surface area contributed by atoms with Crippen molar-refractivity contribution in [2.24, 2.45) is 11.1 Å². The van der Waals surface area contributed by atoms with Gasteiger partial charge in [-0.1, -0.05) is 13.8 Å². The molecule has 1 aromatic rings. The number of nitrogens with zero attached hydrogens (tertiary/aromatic N) is 2. The highest BCUT2D eigenvalue weighted by Gasteiger charge is 2.49. The topological polar surface area (TPSA) is 92.1 Å². The van der Waals surface area contributed by atoms with Gasteiger partial charge in [0.15, 0.2) is 0 Å². The van der Waals surface area contributed by atoms with Crippen LogP contribution in [0.5, 0.6) is 0 Å². The Morgan fingerprint density at radius 3 is 2.62 bits per heavy atom. The van der Waals surface area contributed by atoms with Crippen LogP contribution in [-0.4, -0.2) is 39.6 Å². The lowest BCUT2D eigenvalue weighted by atomic mass is 9.86. The van der Waals surface area contributed by atoms with Crippen molar-refractivity contribution in [3.05, 3.63) is 17.5 Å². The van der Waals surface area contributed by atoms with Crippen molar-refractivity contribution < 1.29 is 22.8 Å². The van der Waals surface area contributed by atoms with Gasteiger partial charge in [0.2, 0.25) is 5.91 Å². The van der Waals surface area contributed by atoms with E-state index in [9.17, 15) is 22.8 Å². The van der Waals surface area contributed by atoms with Crippen molar-refractivity contribution in [2.45, 2.75) is 51.7 Å². The van der Waals surface area contributed by atoms with Crippen LogP contribution in [0.1, 0.15) is 61.6 Å². The van der Waals surface area contributed by atoms with E-state index in [0.29, 0.717) is 25.1 Å². The second-order valence-electron chi connectivity index (χ2n) is 6.72. The molecule has 0 aromatic carbocycles. The predicted octanol–water partition coefficient (Wildman–Crippen LogP) is 2.54. The summed E-state index contributed by atoms with van der Waals surface area (Å²) in [6.45, 7) is 2.36. The van der Waals surface area contributed by atoms with E-state index in [-0.39, 0.29) is 5.56 Å². The lowest BCUT2D eigenvalue weighted by Crippen LogP contribution is -2.44. The molecule has 6 nitrogen and oxygen atoms in total. The summed E-state index contributed by atoms with van der Waals surface area (Å²) in [5.74, 6) is -1.28. The molecular formula is C15H21F3N4O2. The molecule has 24 heavy (non-hydrogen) atoms. The summed E-state index contributed by atoms with van der Waals surface area (Å²) < 4.78 is 39.2. The number of likely N-dealkylation sites (tertiary alicyclic amines) is 1. The average Bonchev–Trinajstić information content (AvgIpc) is 2.95. The molecule has 2 heterocycles. The predicted molar refractivity (Wildman–Crippen MR) is 79.9 cm³/mol. The number of aromatic amines is 1. The van der Waals surface area contributed by atoms with E-state index < -0.39 is 35.9 Å². The zero-order valence-corrected chi connectivity index (χ0v) is 13.6. The molecule has 1 fully saturated rings. The Morgan fingerprint density at radius 1 is 1.38 bits per heavy atom. The van der Waals surface area contributed by atoms with Crippen LogP contribution in [-0.2, 0) is 4.79 Å². The first-order valence-electron chi connectivity index (χ1n) is 7.74. The van der Waals surface area contributed by atoms with Crippen molar-refractivity contribution >= 4 is 11.8 Å². The largest absolute Gasteiger partial charge is 0.394 e. The summed E-state index contributed by atoms with van der Waals surface area (Å²) in [7, 11) is 0. The molecule has 0 radical (unpaired) electrons. The van der Waals surface area contributed by atoms with E-state index in [0.717, 1.165) is 20.3 Å². The number of piperidine rings is 1. The van der Waals surface area contributed by atoms with E-state index >= 15 is 0 Å². The summed E-state index contributed by atoms with van der Waals surface area (Å²) in [4.78, 5) is 25.4. The van der Waals surface area contributed by atoms with Gasteiger partial charge in [-0.15, -0.1) is 0 Å². The molecule has 134 valence electrons. The van der Waals surface area contributed by atoms with Gasteiger partial charge < -0.3 is 10.6 Å². The fraction of sp³-hybridized carbons (Fsp3) is 0.667. The number of carbonyl (C=O) groups excluding carboxylic acids is 2. The van der Waals surface area contributed by atoms with Gasteiger partial charge >= 0.3 is 6.18 Å². The summed E-state index contributed by atoms with van der Waals surface area (Å²) in [6.07, 6.45) is -1.80. The monoisotopic (exact) mass is 346 g/mol. The smallest absolute Gasteiger partial charge is 0.365 e. The lowest BCUT2D eigenvalue weighted by Gasteiger charge is -2.38. The van der Waals surface area contributed by atoms with Crippen molar-refractivity contribution in [1.82, 2.24) is 15.1 Å². The Balaban J connectivity index is 2.25. The zero-order chi connectivity index (χ0) is 18.1. The fourth-order valence-corrected chi connectivity index (χ4v) is 2.86. The summed E-state index contributed by atoms with van der Waals surface area (Å²) >= 11 is 0. The molecular weight excluding hydrogens is 325 g/mol. The molecule has 0 bridgehead atoms. The lowest BCUT2D eigenvalue weighted by molar-refractivity contribution is -0.215. The number of hydrogen-bond donors (Lipinski definition) is 2. The van der Waals surface area contributed by atoms with E-state index in [1.807, 2.05) is 0 Å². The first-order chi connectivity index (χ1) is 11.0. The summed E-state index contributed by atoms with van der Waals surface area (Å²) in [5, 5.41) is 6.45. The van der Waals surface area contributed by atoms with Crippen molar-refractivity contribution in [3.8, 4) is 0 Å². The molecule has 3 N–H and O–H groups in total. The molecule has 1 saturated heterocycles. The maximum atomic E-state index is 13.1. The van der Waals surface area contributed by atoms with Gasteiger partial charge in [-0.2, -0.15) is 18.3 Å². The van der Waals surface area contributed by atoms with Gasteiger partial charge in [0.25, 0.3) is 5.91 Å². The average molecular weight is 346 g/mol. The van der Waals surface area contributed by atoms with Gasteiger partial charge in [0.1, 0.15) is 0 Å². The number of amides is 2. The minimum Gasteiger partial charge on any atom is -0.365 e. The van der Waals surface area contributed by atoms with Gasteiger partial charge in [-0.3, -0.25) is 14.7 Å². The Bertz CT molecular complexity index is 624. The van der Waals surface area contributed by atoms with E-state index in [2.05, 4.69) is 10.2 Å². The van der Waals surface area contributed by atoms with Gasteiger partial charge in [0.05, 0.1) is 28.9 Å². The fourth-order valence-electron chi connectivity index (χ4n) is 2.86. The summed E-state index contributed by atoms with van der Waals surface area (Å²) in [6, 6.07) is -0.514. The molecule has 0 saturated carbocycles. The maximum Gasteiger partial charge on any atom is 0.394 e. The number of halogens is 3. The van der Waals surface area contributed by atoms with Crippen molar-refractivity contribution in [1.29, 1.82) is 0 Å². The number of carbonyl (C=O) groups is 2. The minimum atomic E-state index is -4.47. The Morgan fingerprint density at radius 2 is 2.04 bits per heavy atom. The normalized spacial score (nSPS) is 19.4. The van der Waals surface area contributed by atoms with Crippen LogP contribution in [0, 0.1) is 5.41 Å². The molecule has 0 spiro atoms. The van der Waals surface area contributed by atoms with E-state index in [1.165, 1.54) is 11.1 Å². The zero-order valence-electron chi connectivity index (χ0n) is 13.6. The van der Waals surface area contributed by atoms with Crippen LogP contribution < -0.4 is 5.73 Å². The number of aromatic nitrogens is 2. The molecule has 1 unspecified atom stereocenters. The van der Waals surface area contributed by atoms with Crippen LogP contribution >= 0.6 is 0 Å². The second-order valence-corrected chi connectivity index (χ2v) is 6.72. The molecule has 2 amide bonds. The molecule has 2 rings (SSSR count). The van der Waals surface area contributed by atoms with Gasteiger partial charge in [0, 0.05) is 13.0 Å². The highest BCUT2D eigenvalue weighted by Crippen LogP contribution is 2.42. The molecule has 1 aliphatic heterocycles. The molecule has 9 heteroatoms. The minimum absolute atomic E-state index is 0.162. The Kier molecular flexibility index (Phi) is 4.91. The number of hydrogen-bond acceptors (Lipinski definition) is 3. The number of alkyl halides is 3. The van der Waals surface area contributed by atoms with E-state index in [1.54, 1.807) is 0 Å².